The molecule has 2 heterocycles. The lowest BCUT2D eigenvalue weighted by atomic mass is 10.1. The fourth-order valence-electron chi connectivity index (χ4n) is 3.24. The molecule has 29 heavy (non-hydrogen) atoms. The van der Waals surface area contributed by atoms with Crippen molar-refractivity contribution in [3.05, 3.63) is 58.6 Å². The summed E-state index contributed by atoms with van der Waals surface area (Å²) in [5, 5.41) is 13.8. The number of benzene rings is 2. The van der Waals surface area contributed by atoms with E-state index in [0.29, 0.717) is 11.5 Å². The van der Waals surface area contributed by atoms with Crippen molar-refractivity contribution in [2.75, 3.05) is 16.8 Å². The Balaban J connectivity index is 1.51. The highest BCUT2D eigenvalue weighted by Gasteiger charge is 2.35. The van der Waals surface area contributed by atoms with E-state index >= 15 is 0 Å². The molecule has 1 saturated heterocycles. The number of halogens is 2. The standard InChI is InChI=1S/C19H16BrFN6O2/c1-11-23-24-25-27(11)17-9-13(6-7-15(17)21)22-19(29)12-8-18(28)26(10-12)16-5-3-2-4-14(16)20/h2-7,9,12H,8,10H2,1H3,(H,22,29). The summed E-state index contributed by atoms with van der Waals surface area (Å²) in [6.07, 6.45) is 0.104. The highest BCUT2D eigenvalue weighted by atomic mass is 79.9. The number of hydrogen-bond donors (Lipinski definition) is 1. The van der Waals surface area contributed by atoms with Gasteiger partial charge in [-0.2, -0.15) is 4.68 Å². The molecule has 0 spiro atoms. The number of carbonyl (C=O) groups is 2. The molecule has 1 fully saturated rings. The zero-order valence-corrected chi connectivity index (χ0v) is 16.9. The molecule has 3 aromatic rings. The molecule has 1 unspecified atom stereocenters. The van der Waals surface area contributed by atoms with Crippen LogP contribution in [0.25, 0.3) is 5.69 Å². The van der Waals surface area contributed by atoms with Crippen LogP contribution in [0, 0.1) is 18.7 Å². The maximum absolute atomic E-state index is 14.2. The van der Waals surface area contributed by atoms with Gasteiger partial charge >= 0.3 is 0 Å². The number of amides is 2. The van der Waals surface area contributed by atoms with Gasteiger partial charge in [0.2, 0.25) is 11.8 Å². The minimum Gasteiger partial charge on any atom is -0.326 e. The van der Waals surface area contributed by atoms with Crippen LogP contribution >= 0.6 is 15.9 Å². The average molecular weight is 459 g/mol. The smallest absolute Gasteiger partial charge is 0.229 e. The summed E-state index contributed by atoms with van der Waals surface area (Å²) in [4.78, 5) is 26.8. The molecular formula is C19H16BrFN6O2. The van der Waals surface area contributed by atoms with E-state index in [0.717, 1.165) is 10.2 Å². The van der Waals surface area contributed by atoms with E-state index in [-0.39, 0.29) is 30.5 Å². The topological polar surface area (TPSA) is 93.0 Å². The van der Waals surface area contributed by atoms with Crippen molar-refractivity contribution in [1.29, 1.82) is 0 Å². The van der Waals surface area contributed by atoms with Crippen LogP contribution in [-0.2, 0) is 9.59 Å². The van der Waals surface area contributed by atoms with Crippen molar-refractivity contribution in [3.8, 4) is 5.69 Å². The van der Waals surface area contributed by atoms with Crippen LogP contribution in [0.15, 0.2) is 46.9 Å². The van der Waals surface area contributed by atoms with E-state index in [1.54, 1.807) is 11.8 Å². The summed E-state index contributed by atoms with van der Waals surface area (Å²) >= 11 is 3.44. The van der Waals surface area contributed by atoms with E-state index in [9.17, 15) is 14.0 Å². The Hall–Kier alpha value is -3.14. The van der Waals surface area contributed by atoms with Crippen molar-refractivity contribution in [2.45, 2.75) is 13.3 Å². The predicted molar refractivity (Wildman–Crippen MR) is 107 cm³/mol. The third kappa shape index (κ3) is 3.75. The zero-order valence-electron chi connectivity index (χ0n) is 15.3. The van der Waals surface area contributed by atoms with Gasteiger partial charge in [-0.25, -0.2) is 4.39 Å². The van der Waals surface area contributed by atoms with Crippen molar-refractivity contribution >= 4 is 39.1 Å². The molecule has 0 radical (unpaired) electrons. The lowest BCUT2D eigenvalue weighted by molar-refractivity contribution is -0.122. The van der Waals surface area contributed by atoms with Gasteiger partial charge in [0.15, 0.2) is 5.82 Å². The number of aromatic nitrogens is 4. The van der Waals surface area contributed by atoms with E-state index in [1.165, 1.54) is 22.9 Å². The second-order valence-corrected chi connectivity index (χ2v) is 7.50. The Morgan fingerprint density at radius 3 is 2.76 bits per heavy atom. The van der Waals surface area contributed by atoms with Gasteiger partial charge in [0.05, 0.1) is 11.6 Å². The van der Waals surface area contributed by atoms with Gasteiger partial charge in [0.25, 0.3) is 0 Å². The summed E-state index contributed by atoms with van der Waals surface area (Å²) in [7, 11) is 0. The van der Waals surface area contributed by atoms with E-state index in [2.05, 4.69) is 36.8 Å². The Labute approximate surface area is 173 Å². The number of aryl methyl sites for hydroxylation is 1. The third-order valence-electron chi connectivity index (χ3n) is 4.71. The molecule has 148 valence electrons. The SMILES string of the molecule is Cc1nnnn1-c1cc(NC(=O)C2CC(=O)N(c3ccccc3Br)C2)ccc1F. The van der Waals surface area contributed by atoms with E-state index in [4.69, 9.17) is 0 Å². The largest absolute Gasteiger partial charge is 0.326 e. The molecule has 4 rings (SSSR count). The molecule has 1 aliphatic rings. The number of hydrogen-bond acceptors (Lipinski definition) is 5. The van der Waals surface area contributed by atoms with Crippen molar-refractivity contribution in [2.24, 2.45) is 5.92 Å². The van der Waals surface area contributed by atoms with Gasteiger partial charge in [-0.1, -0.05) is 12.1 Å². The maximum Gasteiger partial charge on any atom is 0.229 e. The molecule has 0 saturated carbocycles. The van der Waals surface area contributed by atoms with Gasteiger partial charge in [-0.3, -0.25) is 9.59 Å². The summed E-state index contributed by atoms with van der Waals surface area (Å²) in [5.74, 6) is -1.05. The number of carbonyl (C=O) groups excluding carboxylic acids is 2. The predicted octanol–water partition coefficient (Wildman–Crippen LogP) is 2.86. The minimum atomic E-state index is -0.519. The van der Waals surface area contributed by atoms with Crippen LogP contribution in [0.5, 0.6) is 0 Å². The quantitative estimate of drug-likeness (QED) is 0.648. The highest BCUT2D eigenvalue weighted by molar-refractivity contribution is 9.10. The molecule has 1 aromatic heterocycles. The molecule has 1 aliphatic heterocycles. The average Bonchev–Trinajstić information content (AvgIpc) is 3.29. The molecular weight excluding hydrogens is 443 g/mol. The normalized spacial score (nSPS) is 16.3. The van der Waals surface area contributed by atoms with Crippen LogP contribution in [0.1, 0.15) is 12.2 Å². The molecule has 1 N–H and O–H groups in total. The molecule has 1 atom stereocenters. The van der Waals surface area contributed by atoms with Crippen molar-refractivity contribution in [1.82, 2.24) is 20.2 Å². The van der Waals surface area contributed by atoms with Crippen LogP contribution in [-0.4, -0.2) is 38.6 Å². The van der Waals surface area contributed by atoms with Gasteiger partial charge in [0, 0.05) is 23.1 Å². The summed E-state index contributed by atoms with van der Waals surface area (Å²) in [6.45, 7) is 1.92. The van der Waals surface area contributed by atoms with Crippen LogP contribution in [0.4, 0.5) is 15.8 Å². The Bertz CT molecular complexity index is 1100. The summed E-state index contributed by atoms with van der Waals surface area (Å²) < 4.78 is 16.2. The molecule has 2 amide bonds. The second kappa shape index (κ2) is 7.70. The maximum atomic E-state index is 14.2. The first-order valence-electron chi connectivity index (χ1n) is 8.84. The van der Waals surface area contributed by atoms with Crippen molar-refractivity contribution in [3.63, 3.8) is 0 Å². The highest BCUT2D eigenvalue weighted by Crippen LogP contribution is 2.31. The Morgan fingerprint density at radius 1 is 1.24 bits per heavy atom. The lowest BCUT2D eigenvalue weighted by Gasteiger charge is -2.18. The van der Waals surface area contributed by atoms with E-state index < -0.39 is 11.7 Å². The van der Waals surface area contributed by atoms with Crippen LogP contribution in [0.3, 0.4) is 0 Å². The number of rotatable bonds is 4. The first-order valence-corrected chi connectivity index (χ1v) is 9.64. The van der Waals surface area contributed by atoms with Gasteiger partial charge in [0.1, 0.15) is 11.5 Å². The second-order valence-electron chi connectivity index (χ2n) is 6.65. The number of tetrazole rings is 1. The number of nitrogens with one attached hydrogen (secondary N) is 1. The fourth-order valence-corrected chi connectivity index (χ4v) is 3.74. The minimum absolute atomic E-state index is 0.104. The lowest BCUT2D eigenvalue weighted by Crippen LogP contribution is -2.28. The molecule has 2 aromatic carbocycles. The van der Waals surface area contributed by atoms with Gasteiger partial charge in [-0.05, 0) is 63.6 Å². The Kier molecular flexibility index (Phi) is 5.10. The first-order chi connectivity index (χ1) is 13.9. The molecule has 8 nitrogen and oxygen atoms in total. The van der Waals surface area contributed by atoms with Crippen LogP contribution < -0.4 is 10.2 Å². The third-order valence-corrected chi connectivity index (χ3v) is 5.38. The fraction of sp³-hybridized carbons (Fsp3) is 0.211. The monoisotopic (exact) mass is 458 g/mol. The first kappa shape index (κ1) is 19.2. The van der Waals surface area contributed by atoms with Gasteiger partial charge < -0.3 is 10.2 Å². The summed E-state index contributed by atoms with van der Waals surface area (Å²) in [5.41, 5.74) is 1.25. The summed E-state index contributed by atoms with van der Waals surface area (Å²) in [6, 6.07) is 11.5. The van der Waals surface area contributed by atoms with E-state index in [1.807, 2.05) is 24.3 Å². The zero-order chi connectivity index (χ0) is 20.5. The molecule has 10 heteroatoms. The molecule has 0 bridgehead atoms. The number of para-hydroxylation sites is 1. The number of anilines is 2. The Morgan fingerprint density at radius 2 is 2.03 bits per heavy atom. The van der Waals surface area contributed by atoms with Crippen molar-refractivity contribution < 1.29 is 14.0 Å². The number of nitrogens with zero attached hydrogens (tertiary/aromatic N) is 5. The van der Waals surface area contributed by atoms with Crippen LogP contribution in [0.2, 0.25) is 0 Å². The molecule has 0 aliphatic carbocycles. The van der Waals surface area contributed by atoms with Gasteiger partial charge in [-0.15, -0.1) is 5.10 Å².